The molecular formula is C48H30N2O. The van der Waals surface area contributed by atoms with Gasteiger partial charge in [-0.3, -0.25) is 0 Å². The van der Waals surface area contributed by atoms with Gasteiger partial charge in [-0.2, -0.15) is 0 Å². The lowest BCUT2D eigenvalue weighted by Gasteiger charge is -2.28. The second-order valence-electron chi connectivity index (χ2n) is 13.3. The number of aromatic nitrogens is 1. The van der Waals surface area contributed by atoms with Gasteiger partial charge in [0.25, 0.3) is 0 Å². The van der Waals surface area contributed by atoms with Gasteiger partial charge in [0.1, 0.15) is 11.2 Å². The Morgan fingerprint density at radius 2 is 1.04 bits per heavy atom. The fraction of sp³-hybridized carbons (Fsp3) is 0. The predicted molar refractivity (Wildman–Crippen MR) is 215 cm³/mol. The van der Waals surface area contributed by atoms with Gasteiger partial charge < -0.3 is 13.9 Å². The lowest BCUT2D eigenvalue weighted by Crippen LogP contribution is -2.11. The van der Waals surface area contributed by atoms with E-state index >= 15 is 0 Å². The summed E-state index contributed by atoms with van der Waals surface area (Å²) in [6.07, 6.45) is 0. The van der Waals surface area contributed by atoms with Crippen LogP contribution in [-0.2, 0) is 0 Å². The van der Waals surface area contributed by atoms with E-state index < -0.39 is 0 Å². The minimum absolute atomic E-state index is 0.869. The minimum atomic E-state index is 0.869. The van der Waals surface area contributed by atoms with Crippen molar-refractivity contribution < 1.29 is 4.42 Å². The molecule has 0 fully saturated rings. The highest BCUT2D eigenvalue weighted by Crippen LogP contribution is 2.48. The van der Waals surface area contributed by atoms with Gasteiger partial charge in [-0.1, -0.05) is 121 Å². The van der Waals surface area contributed by atoms with Gasteiger partial charge in [0, 0.05) is 44.4 Å². The summed E-state index contributed by atoms with van der Waals surface area (Å²) in [5, 5.41) is 12.1. The Morgan fingerprint density at radius 3 is 1.92 bits per heavy atom. The van der Waals surface area contributed by atoms with Crippen LogP contribution in [0.1, 0.15) is 0 Å². The highest BCUT2D eigenvalue weighted by atomic mass is 16.3. The third kappa shape index (κ3) is 4.12. The maximum Gasteiger partial charge on any atom is 0.137 e. The lowest BCUT2D eigenvalue weighted by atomic mass is 9.94. The number of benzene rings is 9. The van der Waals surface area contributed by atoms with Gasteiger partial charge in [0.15, 0.2) is 0 Å². The summed E-state index contributed by atoms with van der Waals surface area (Å²) in [5.41, 5.74) is 8.50. The Balaban J connectivity index is 1.28. The van der Waals surface area contributed by atoms with E-state index in [4.69, 9.17) is 4.42 Å². The van der Waals surface area contributed by atoms with E-state index in [-0.39, 0.29) is 0 Å². The molecule has 0 saturated carbocycles. The highest BCUT2D eigenvalue weighted by Gasteiger charge is 2.24. The Kier molecular flexibility index (Phi) is 5.96. The van der Waals surface area contributed by atoms with Crippen molar-refractivity contribution >= 4 is 93.1 Å². The third-order valence-corrected chi connectivity index (χ3v) is 10.5. The van der Waals surface area contributed by atoms with Crippen LogP contribution in [0.4, 0.5) is 17.1 Å². The first-order valence-electron chi connectivity index (χ1n) is 17.4. The summed E-state index contributed by atoms with van der Waals surface area (Å²) in [5.74, 6) is 0. The first kappa shape index (κ1) is 28.0. The molecule has 0 amide bonds. The number of rotatable bonds is 4. The molecule has 0 unspecified atom stereocenters. The van der Waals surface area contributed by atoms with Crippen LogP contribution in [0.2, 0.25) is 0 Å². The number of hydrogen-bond acceptors (Lipinski definition) is 2. The first-order valence-corrected chi connectivity index (χ1v) is 17.4. The number of fused-ring (bicyclic) bond motifs is 11. The van der Waals surface area contributed by atoms with Crippen molar-refractivity contribution in [3.63, 3.8) is 0 Å². The van der Waals surface area contributed by atoms with E-state index in [1.807, 2.05) is 12.1 Å². The molecule has 11 aromatic rings. The summed E-state index contributed by atoms with van der Waals surface area (Å²) in [6, 6.07) is 65.6. The molecule has 2 heterocycles. The molecule has 0 saturated heterocycles. The average Bonchev–Trinajstić information content (AvgIpc) is 3.74. The summed E-state index contributed by atoms with van der Waals surface area (Å²) in [7, 11) is 0. The van der Waals surface area contributed by atoms with E-state index in [2.05, 4.69) is 179 Å². The molecule has 0 bridgehead atoms. The van der Waals surface area contributed by atoms with Crippen molar-refractivity contribution in [2.24, 2.45) is 0 Å². The molecule has 0 aliphatic carbocycles. The van der Waals surface area contributed by atoms with Gasteiger partial charge in [-0.05, 0) is 81.5 Å². The maximum absolute atomic E-state index is 6.51. The lowest BCUT2D eigenvalue weighted by molar-refractivity contribution is 0.669. The Labute approximate surface area is 293 Å². The van der Waals surface area contributed by atoms with Gasteiger partial charge in [-0.25, -0.2) is 0 Å². The van der Waals surface area contributed by atoms with Crippen LogP contribution < -0.4 is 4.90 Å². The molecule has 11 rings (SSSR count). The molecule has 2 aromatic heterocycles. The fourth-order valence-electron chi connectivity index (χ4n) is 8.35. The Bertz CT molecular complexity index is 3150. The summed E-state index contributed by atoms with van der Waals surface area (Å²) in [6.45, 7) is 0. The summed E-state index contributed by atoms with van der Waals surface area (Å²) >= 11 is 0. The zero-order valence-electron chi connectivity index (χ0n) is 27.6. The van der Waals surface area contributed by atoms with Crippen molar-refractivity contribution in [1.82, 2.24) is 4.57 Å². The van der Waals surface area contributed by atoms with Crippen LogP contribution in [-0.4, -0.2) is 4.57 Å². The van der Waals surface area contributed by atoms with E-state index in [0.29, 0.717) is 0 Å². The topological polar surface area (TPSA) is 21.3 Å². The third-order valence-electron chi connectivity index (χ3n) is 10.5. The molecule has 0 radical (unpaired) electrons. The van der Waals surface area contributed by atoms with Crippen LogP contribution in [0.5, 0.6) is 0 Å². The number of para-hydroxylation sites is 3. The van der Waals surface area contributed by atoms with Gasteiger partial charge in [0.2, 0.25) is 0 Å². The maximum atomic E-state index is 6.51. The Morgan fingerprint density at radius 1 is 0.373 bits per heavy atom. The van der Waals surface area contributed by atoms with Crippen LogP contribution in [0.3, 0.4) is 0 Å². The van der Waals surface area contributed by atoms with Gasteiger partial charge >= 0.3 is 0 Å². The number of furan rings is 1. The highest BCUT2D eigenvalue weighted by molar-refractivity contribution is 6.25. The molecule has 51 heavy (non-hydrogen) atoms. The van der Waals surface area contributed by atoms with Crippen molar-refractivity contribution in [1.29, 1.82) is 0 Å². The average molecular weight is 651 g/mol. The van der Waals surface area contributed by atoms with E-state index in [9.17, 15) is 0 Å². The van der Waals surface area contributed by atoms with Crippen LogP contribution in [0.15, 0.2) is 186 Å². The van der Waals surface area contributed by atoms with Gasteiger partial charge in [-0.15, -0.1) is 0 Å². The summed E-state index contributed by atoms with van der Waals surface area (Å²) in [4.78, 5) is 2.45. The van der Waals surface area contributed by atoms with Crippen molar-refractivity contribution in [3.8, 4) is 5.69 Å². The predicted octanol–water partition coefficient (Wildman–Crippen LogP) is 13.6. The first-order chi connectivity index (χ1) is 25.3. The molecule has 238 valence electrons. The molecule has 0 aliphatic heterocycles. The molecule has 9 aromatic carbocycles. The van der Waals surface area contributed by atoms with E-state index in [1.54, 1.807) is 0 Å². The monoisotopic (exact) mass is 650 g/mol. The van der Waals surface area contributed by atoms with E-state index in [0.717, 1.165) is 50.2 Å². The second-order valence-corrected chi connectivity index (χ2v) is 13.3. The zero-order chi connectivity index (χ0) is 33.5. The molecule has 0 spiro atoms. The summed E-state index contributed by atoms with van der Waals surface area (Å²) < 4.78 is 8.90. The quantitative estimate of drug-likeness (QED) is 0.177. The molecular weight excluding hydrogens is 621 g/mol. The smallest absolute Gasteiger partial charge is 0.137 e. The Hall–Kier alpha value is -6.84. The van der Waals surface area contributed by atoms with Crippen LogP contribution in [0, 0.1) is 0 Å². The molecule has 0 atom stereocenters. The molecule has 3 heteroatoms. The van der Waals surface area contributed by atoms with E-state index in [1.165, 1.54) is 48.6 Å². The zero-order valence-corrected chi connectivity index (χ0v) is 27.6. The molecule has 0 aliphatic rings. The van der Waals surface area contributed by atoms with Crippen molar-refractivity contribution in [2.75, 3.05) is 4.90 Å². The largest absolute Gasteiger partial charge is 0.456 e. The second kappa shape index (κ2) is 10.8. The molecule has 3 nitrogen and oxygen atoms in total. The number of anilines is 3. The van der Waals surface area contributed by atoms with Gasteiger partial charge in [0.05, 0.1) is 22.4 Å². The number of nitrogens with zero attached hydrogens (tertiary/aromatic N) is 2. The van der Waals surface area contributed by atoms with Crippen molar-refractivity contribution in [2.45, 2.75) is 0 Å². The fourth-order valence-corrected chi connectivity index (χ4v) is 8.35. The standard InChI is InChI=1S/C48H30N2O/c1-2-14-33(15-3-1)49-41-21-10-8-20-40(41)48-42(49)22-12-23-43(48)50(34-27-28-38-37-18-9-11-24-45(37)51-46(38)30-34)44-29-32-26-25-31-13-4-5-16-35(31)47(32)39-19-7-6-17-36(39)44/h1-30H. The minimum Gasteiger partial charge on any atom is -0.456 e. The SMILES string of the molecule is c1ccc(-n2c3ccccc3c3c(N(c4ccc5c(c4)oc4ccccc45)c4cc5ccc6ccccc6c5c5ccccc45)cccc32)cc1. The van der Waals surface area contributed by atoms with Crippen LogP contribution >= 0.6 is 0 Å². The molecule has 0 N–H and O–H groups in total. The normalized spacial score (nSPS) is 11.9. The number of hydrogen-bond donors (Lipinski definition) is 0. The van der Waals surface area contributed by atoms with Crippen molar-refractivity contribution in [3.05, 3.63) is 182 Å². The van der Waals surface area contributed by atoms with Crippen LogP contribution in [0.25, 0.3) is 81.7 Å².